The molecule has 1 aromatic rings. The van der Waals surface area contributed by atoms with Crippen LogP contribution in [0.3, 0.4) is 0 Å². The summed E-state index contributed by atoms with van der Waals surface area (Å²) >= 11 is 0. The molecule has 1 aliphatic rings. The number of halogens is 1. The number of guanidine groups is 1. The number of hydrogen-bond donors (Lipinski definition) is 2. The van der Waals surface area contributed by atoms with Gasteiger partial charge in [0.1, 0.15) is 0 Å². The van der Waals surface area contributed by atoms with E-state index in [9.17, 15) is 0 Å². The molecule has 0 aliphatic carbocycles. The van der Waals surface area contributed by atoms with Crippen LogP contribution in [0.5, 0.6) is 0 Å². The molecule has 0 aromatic heterocycles. The Labute approximate surface area is 175 Å². The standard InChI is InChI=1S/C20H34N4O.HI/c1-16(2)7-6-8-17(3)23-20(21)22-15-18-9-4-5-10-19(18)24-11-13-25-14-12-24;/h4-5,9-10,16-17H,6-8,11-15H2,1-3H3,(H3,21,22,23);1H. The smallest absolute Gasteiger partial charge is 0.189 e. The first kappa shape index (κ1) is 23.0. The first-order valence-corrected chi connectivity index (χ1v) is 9.53. The van der Waals surface area contributed by atoms with Gasteiger partial charge in [-0.25, -0.2) is 4.99 Å². The van der Waals surface area contributed by atoms with Crippen molar-refractivity contribution in [2.24, 2.45) is 16.6 Å². The summed E-state index contributed by atoms with van der Waals surface area (Å²) in [6, 6.07) is 8.79. The number of nitrogens with one attached hydrogen (secondary N) is 1. The highest BCUT2D eigenvalue weighted by atomic mass is 127. The Balaban J connectivity index is 0.00000338. The van der Waals surface area contributed by atoms with Crippen molar-refractivity contribution < 1.29 is 4.74 Å². The molecule has 1 unspecified atom stereocenters. The van der Waals surface area contributed by atoms with Crippen LogP contribution < -0.4 is 16.0 Å². The fourth-order valence-corrected chi connectivity index (χ4v) is 3.13. The molecule has 0 amide bonds. The lowest BCUT2D eigenvalue weighted by atomic mass is 10.0. The minimum absolute atomic E-state index is 0. The zero-order valence-corrected chi connectivity index (χ0v) is 18.7. The molecule has 1 aromatic carbocycles. The molecule has 1 heterocycles. The predicted molar refractivity (Wildman–Crippen MR) is 122 cm³/mol. The Kier molecular flexibility index (Phi) is 11.0. The van der Waals surface area contributed by atoms with E-state index in [2.05, 4.69) is 60.2 Å². The average molecular weight is 474 g/mol. The second-order valence-electron chi connectivity index (χ2n) is 7.30. The van der Waals surface area contributed by atoms with Crippen LogP contribution in [0.2, 0.25) is 0 Å². The van der Waals surface area contributed by atoms with Crippen LogP contribution >= 0.6 is 24.0 Å². The summed E-state index contributed by atoms with van der Waals surface area (Å²) in [5.74, 6) is 1.30. The Morgan fingerprint density at radius 2 is 1.88 bits per heavy atom. The molecule has 0 radical (unpaired) electrons. The molecule has 0 bridgehead atoms. The number of benzene rings is 1. The lowest BCUT2D eigenvalue weighted by Gasteiger charge is -2.30. The molecule has 3 N–H and O–H groups in total. The molecule has 6 heteroatoms. The zero-order chi connectivity index (χ0) is 18.1. The molecule has 26 heavy (non-hydrogen) atoms. The topological polar surface area (TPSA) is 62.9 Å². The van der Waals surface area contributed by atoms with Crippen LogP contribution in [0.1, 0.15) is 45.6 Å². The van der Waals surface area contributed by atoms with Gasteiger partial charge in [0.2, 0.25) is 0 Å². The number of ether oxygens (including phenoxy) is 1. The van der Waals surface area contributed by atoms with E-state index in [1.807, 2.05) is 0 Å². The maximum absolute atomic E-state index is 6.09. The van der Waals surface area contributed by atoms with Gasteiger partial charge in [0.15, 0.2) is 5.96 Å². The van der Waals surface area contributed by atoms with Gasteiger partial charge in [0.05, 0.1) is 19.8 Å². The van der Waals surface area contributed by atoms with Crippen LogP contribution in [0.4, 0.5) is 5.69 Å². The average Bonchev–Trinajstić information content (AvgIpc) is 2.60. The van der Waals surface area contributed by atoms with Crippen molar-refractivity contribution in [3.8, 4) is 0 Å². The van der Waals surface area contributed by atoms with Crippen LogP contribution in [0.15, 0.2) is 29.3 Å². The van der Waals surface area contributed by atoms with Gasteiger partial charge in [0.25, 0.3) is 0 Å². The first-order valence-electron chi connectivity index (χ1n) is 9.53. The first-order chi connectivity index (χ1) is 12.1. The quantitative estimate of drug-likeness (QED) is 0.342. The molecule has 2 rings (SSSR count). The number of anilines is 1. The van der Waals surface area contributed by atoms with Gasteiger partial charge in [-0.2, -0.15) is 0 Å². The normalized spacial score (nSPS) is 16.3. The van der Waals surface area contributed by atoms with Crippen LogP contribution in [-0.2, 0) is 11.3 Å². The van der Waals surface area contributed by atoms with E-state index in [1.165, 1.54) is 24.1 Å². The second kappa shape index (κ2) is 12.4. The minimum atomic E-state index is 0. The third-order valence-electron chi connectivity index (χ3n) is 4.58. The van der Waals surface area contributed by atoms with Gasteiger partial charge in [0, 0.05) is 24.8 Å². The molecule has 5 nitrogen and oxygen atoms in total. The fraction of sp³-hybridized carbons (Fsp3) is 0.650. The monoisotopic (exact) mass is 474 g/mol. The molecular weight excluding hydrogens is 439 g/mol. The van der Waals surface area contributed by atoms with Gasteiger partial charge in [-0.1, -0.05) is 44.9 Å². The molecule has 0 saturated carbocycles. The third kappa shape index (κ3) is 8.12. The number of nitrogens with zero attached hydrogens (tertiary/aromatic N) is 2. The number of nitrogens with two attached hydrogens (primary N) is 1. The van der Waals surface area contributed by atoms with Crippen molar-refractivity contribution in [3.05, 3.63) is 29.8 Å². The Morgan fingerprint density at radius 3 is 2.58 bits per heavy atom. The Morgan fingerprint density at radius 1 is 1.19 bits per heavy atom. The lowest BCUT2D eigenvalue weighted by molar-refractivity contribution is 0.122. The molecule has 148 valence electrons. The van der Waals surface area contributed by atoms with E-state index in [0.717, 1.165) is 38.6 Å². The summed E-state index contributed by atoms with van der Waals surface area (Å²) in [7, 11) is 0. The lowest BCUT2D eigenvalue weighted by Crippen LogP contribution is -2.38. The molecule has 1 saturated heterocycles. The Bertz CT molecular complexity index is 544. The maximum Gasteiger partial charge on any atom is 0.189 e. The van der Waals surface area contributed by atoms with Gasteiger partial charge in [-0.15, -0.1) is 24.0 Å². The van der Waals surface area contributed by atoms with E-state index in [-0.39, 0.29) is 24.0 Å². The van der Waals surface area contributed by atoms with E-state index in [1.54, 1.807) is 0 Å². The third-order valence-corrected chi connectivity index (χ3v) is 4.58. The highest BCUT2D eigenvalue weighted by molar-refractivity contribution is 14.0. The molecule has 0 spiro atoms. The number of aliphatic imine (C=N–C) groups is 1. The molecular formula is C20H35IN4O. The Hall–Kier alpha value is -1.02. The summed E-state index contributed by atoms with van der Waals surface area (Å²) in [6.45, 7) is 10.7. The zero-order valence-electron chi connectivity index (χ0n) is 16.4. The van der Waals surface area contributed by atoms with Crippen molar-refractivity contribution >= 4 is 35.6 Å². The van der Waals surface area contributed by atoms with E-state index < -0.39 is 0 Å². The van der Waals surface area contributed by atoms with Gasteiger partial charge in [-0.3, -0.25) is 0 Å². The number of morpholine rings is 1. The van der Waals surface area contributed by atoms with Crippen molar-refractivity contribution in [1.29, 1.82) is 0 Å². The highest BCUT2D eigenvalue weighted by Crippen LogP contribution is 2.22. The van der Waals surface area contributed by atoms with Crippen molar-refractivity contribution in [2.45, 2.75) is 52.6 Å². The predicted octanol–water partition coefficient (Wildman–Crippen LogP) is 3.76. The van der Waals surface area contributed by atoms with Crippen LogP contribution in [0.25, 0.3) is 0 Å². The van der Waals surface area contributed by atoms with Gasteiger partial charge < -0.3 is 20.7 Å². The summed E-state index contributed by atoms with van der Waals surface area (Å²) < 4.78 is 5.45. The van der Waals surface area contributed by atoms with Crippen LogP contribution in [0, 0.1) is 5.92 Å². The largest absolute Gasteiger partial charge is 0.378 e. The van der Waals surface area contributed by atoms with E-state index in [4.69, 9.17) is 10.5 Å². The minimum Gasteiger partial charge on any atom is -0.378 e. The second-order valence-corrected chi connectivity index (χ2v) is 7.30. The number of hydrogen-bond acceptors (Lipinski definition) is 3. The molecule has 1 atom stereocenters. The SMILES string of the molecule is CC(C)CCCC(C)NC(N)=NCc1ccccc1N1CCOCC1.I. The molecule has 1 fully saturated rings. The summed E-state index contributed by atoms with van der Waals surface area (Å²) in [4.78, 5) is 6.93. The van der Waals surface area contributed by atoms with E-state index in [0.29, 0.717) is 18.5 Å². The number of rotatable bonds is 8. The van der Waals surface area contributed by atoms with E-state index >= 15 is 0 Å². The summed E-state index contributed by atoms with van der Waals surface area (Å²) in [5, 5.41) is 3.32. The highest BCUT2D eigenvalue weighted by Gasteiger charge is 2.14. The summed E-state index contributed by atoms with van der Waals surface area (Å²) in [5.41, 5.74) is 8.54. The maximum atomic E-state index is 6.09. The van der Waals surface area contributed by atoms with Crippen molar-refractivity contribution in [2.75, 3.05) is 31.2 Å². The number of para-hydroxylation sites is 1. The van der Waals surface area contributed by atoms with Gasteiger partial charge in [-0.05, 0) is 30.9 Å². The summed E-state index contributed by atoms with van der Waals surface area (Å²) in [6.07, 6.45) is 3.60. The van der Waals surface area contributed by atoms with Crippen LogP contribution in [-0.4, -0.2) is 38.3 Å². The fourth-order valence-electron chi connectivity index (χ4n) is 3.13. The van der Waals surface area contributed by atoms with Crippen molar-refractivity contribution in [3.63, 3.8) is 0 Å². The van der Waals surface area contributed by atoms with Crippen molar-refractivity contribution in [1.82, 2.24) is 5.32 Å². The van der Waals surface area contributed by atoms with Gasteiger partial charge >= 0.3 is 0 Å². The molecule has 1 aliphatic heterocycles.